The number of fused-ring (bicyclic) bond motifs is 9. The SMILES string of the molecule is Brc1cc(Br)cc(-c2nc(-c3ccccc3)nc(-c3cccnc3)n2)c1.OB(O)c1ccc2c3c(cccc13)-c1ccccc1-2.c1ccc(-c2nc(-c3cccnc3)nc(-c3cc(-c4ccc5c6c(cccc46)-c4ccccc4-5)cc(-c4ccc5c6c(cccc46)-c4ccccc4-5)c3)n2)cc1. The Hall–Kier alpha value is -12.1. The van der Waals surface area contributed by atoms with Gasteiger partial charge in [0.15, 0.2) is 34.9 Å². The zero-order chi connectivity index (χ0) is 67.7. The van der Waals surface area contributed by atoms with Crippen LogP contribution in [-0.4, -0.2) is 57.0 Å². The van der Waals surface area contributed by atoms with Crippen molar-refractivity contribution in [3.63, 3.8) is 0 Å². The zero-order valence-electron chi connectivity index (χ0n) is 53.8. The van der Waals surface area contributed by atoms with Crippen molar-refractivity contribution in [1.82, 2.24) is 39.9 Å². The van der Waals surface area contributed by atoms with Gasteiger partial charge in [-0.2, -0.15) is 0 Å². The molecule has 17 aromatic rings. The van der Waals surface area contributed by atoms with Crippen LogP contribution in [0.25, 0.3) is 190 Å². The monoisotopic (exact) mass is 1420 g/mol. The fourth-order valence-electron chi connectivity index (χ4n) is 14.6. The lowest BCUT2D eigenvalue weighted by Gasteiger charge is -2.16. The summed E-state index contributed by atoms with van der Waals surface area (Å²) in [5, 5.41) is 26.1. The Morgan fingerprint density at radius 3 is 0.911 bits per heavy atom. The fraction of sp³-hybridized carbons (Fsp3) is 0. The first-order valence-corrected chi connectivity index (χ1v) is 34.7. The van der Waals surface area contributed by atoms with Crippen LogP contribution in [0.2, 0.25) is 0 Å². The molecule has 4 heterocycles. The molecule has 13 aromatic carbocycles. The van der Waals surface area contributed by atoms with Crippen molar-refractivity contribution in [3.05, 3.63) is 319 Å². The predicted octanol–water partition coefficient (Wildman–Crippen LogP) is 21.2. The second-order valence-corrected chi connectivity index (χ2v) is 26.8. The lowest BCUT2D eigenvalue weighted by Crippen LogP contribution is -2.30. The van der Waals surface area contributed by atoms with E-state index in [0.29, 0.717) is 40.4 Å². The molecule has 0 amide bonds. The first-order valence-electron chi connectivity index (χ1n) is 33.1. The van der Waals surface area contributed by atoms with Gasteiger partial charge in [0.25, 0.3) is 0 Å². The van der Waals surface area contributed by atoms with E-state index < -0.39 is 7.12 Å². The van der Waals surface area contributed by atoms with Gasteiger partial charge in [-0.3, -0.25) is 9.97 Å². The molecule has 0 atom stereocenters. The van der Waals surface area contributed by atoms with Crippen LogP contribution in [0.3, 0.4) is 0 Å². The Kier molecular flexibility index (Phi) is 15.6. The Balaban J connectivity index is 0.000000133. The average Bonchev–Trinajstić information content (AvgIpc) is 1.61. The van der Waals surface area contributed by atoms with Gasteiger partial charge in [0.1, 0.15) is 0 Å². The summed E-state index contributed by atoms with van der Waals surface area (Å²) < 4.78 is 1.90. The molecule has 20 rings (SSSR count). The van der Waals surface area contributed by atoms with E-state index in [1.165, 1.54) is 99.4 Å². The summed E-state index contributed by atoms with van der Waals surface area (Å²) in [6.45, 7) is 0. The maximum atomic E-state index is 9.50. The van der Waals surface area contributed by atoms with Crippen LogP contribution in [0.4, 0.5) is 0 Å². The van der Waals surface area contributed by atoms with Crippen LogP contribution in [0.1, 0.15) is 0 Å². The summed E-state index contributed by atoms with van der Waals surface area (Å²) in [5.74, 6) is 3.65. The van der Waals surface area contributed by atoms with Crippen molar-refractivity contribution in [3.8, 4) is 157 Å². The Bertz CT molecular complexity index is 5790. The second kappa shape index (κ2) is 25.6. The topological polar surface area (TPSA) is 144 Å². The molecule has 474 valence electrons. The van der Waals surface area contributed by atoms with E-state index in [1.54, 1.807) is 24.7 Å². The van der Waals surface area contributed by atoms with E-state index in [2.05, 4.69) is 197 Å². The van der Waals surface area contributed by atoms with Crippen LogP contribution >= 0.6 is 31.9 Å². The Morgan fingerprint density at radius 1 is 0.228 bits per heavy atom. The van der Waals surface area contributed by atoms with E-state index in [9.17, 15) is 10.0 Å². The minimum atomic E-state index is -1.44. The van der Waals surface area contributed by atoms with Gasteiger partial charge in [0.2, 0.25) is 0 Å². The van der Waals surface area contributed by atoms with E-state index in [1.807, 2.05) is 140 Å². The Labute approximate surface area is 598 Å². The number of aromatic nitrogens is 8. The third-order valence-electron chi connectivity index (χ3n) is 19.1. The molecular weight excluding hydrogens is 1370 g/mol. The molecular formula is C88H53BBr2N8O2. The van der Waals surface area contributed by atoms with E-state index >= 15 is 0 Å². The lowest BCUT2D eigenvalue weighted by atomic mass is 9.76. The molecule has 0 aliphatic heterocycles. The third kappa shape index (κ3) is 11.1. The smallest absolute Gasteiger partial charge is 0.423 e. The van der Waals surface area contributed by atoms with Crippen molar-refractivity contribution in [2.24, 2.45) is 0 Å². The maximum absolute atomic E-state index is 9.50. The van der Waals surface area contributed by atoms with Gasteiger partial charge in [-0.05, 0) is 187 Å². The summed E-state index contributed by atoms with van der Waals surface area (Å²) in [6, 6.07) is 98.7. The average molecular weight is 1430 g/mol. The van der Waals surface area contributed by atoms with Gasteiger partial charge in [-0.1, -0.05) is 256 Å². The highest BCUT2D eigenvalue weighted by Crippen LogP contribution is 2.53. The summed E-state index contributed by atoms with van der Waals surface area (Å²) >= 11 is 7.05. The summed E-state index contributed by atoms with van der Waals surface area (Å²) in [4.78, 5) is 37.9. The van der Waals surface area contributed by atoms with Crippen molar-refractivity contribution < 1.29 is 10.0 Å². The van der Waals surface area contributed by atoms with Gasteiger partial charge in [-0.25, -0.2) is 29.9 Å². The number of nitrogens with zero attached hydrogens (tertiary/aromatic N) is 8. The van der Waals surface area contributed by atoms with Crippen molar-refractivity contribution in [2.75, 3.05) is 0 Å². The van der Waals surface area contributed by atoms with Gasteiger partial charge in [-0.15, -0.1) is 0 Å². The molecule has 0 fully saturated rings. The molecule has 0 unspecified atom stereocenters. The highest BCUT2D eigenvalue weighted by molar-refractivity contribution is 9.11. The van der Waals surface area contributed by atoms with Crippen LogP contribution in [0.15, 0.2) is 319 Å². The van der Waals surface area contributed by atoms with Gasteiger partial charge >= 0.3 is 7.12 Å². The minimum absolute atomic E-state index is 0.563. The van der Waals surface area contributed by atoms with E-state index in [-0.39, 0.29) is 0 Å². The molecule has 0 radical (unpaired) electrons. The van der Waals surface area contributed by atoms with Crippen LogP contribution in [0, 0.1) is 0 Å². The number of benzene rings is 13. The molecule has 13 heteroatoms. The van der Waals surface area contributed by atoms with E-state index in [4.69, 9.17) is 19.9 Å². The first kappa shape index (κ1) is 61.3. The number of pyridine rings is 2. The van der Waals surface area contributed by atoms with Crippen LogP contribution < -0.4 is 5.46 Å². The first-order chi connectivity index (χ1) is 49.7. The zero-order valence-corrected chi connectivity index (χ0v) is 56.9. The quantitative estimate of drug-likeness (QED) is 0.134. The number of halogens is 2. The molecule has 0 saturated heterocycles. The minimum Gasteiger partial charge on any atom is -0.423 e. The van der Waals surface area contributed by atoms with Crippen molar-refractivity contribution >= 4 is 76.8 Å². The third-order valence-corrected chi connectivity index (χ3v) is 20.0. The number of hydrogen-bond donors (Lipinski definition) is 2. The number of hydrogen-bond acceptors (Lipinski definition) is 10. The standard InChI is InChI=1S/C52H30N4.C20H12Br2N4.C16H11BO2/c1-2-11-31(12-3-1)50-54-51(32-13-10-26-53-30-32)56-52(55-50)35-28-33(36-22-24-46-40-16-6-4-14-38(40)44-20-8-18-42(36)48(44)46)27-34(29-35)37-23-25-47-41-17-7-5-15-39(41)45-21-9-19-43(37)49(45)47;21-16-9-15(10-17(22)11-16)20-25-18(13-5-2-1-3-6-13)24-19(26-20)14-7-4-8-23-12-14;18-17(19)15-9-8-13-11-5-2-1-4-10(11)12-6-3-7-14(15)16(12)13/h1-30H;1-12H;1-9,18-19H. The Morgan fingerprint density at radius 2 is 0.525 bits per heavy atom. The molecule has 4 aromatic heterocycles. The molecule has 2 N–H and O–H groups in total. The highest BCUT2D eigenvalue weighted by atomic mass is 79.9. The molecule has 101 heavy (non-hydrogen) atoms. The second-order valence-electron chi connectivity index (χ2n) is 25.0. The highest BCUT2D eigenvalue weighted by Gasteiger charge is 2.28. The largest absolute Gasteiger partial charge is 0.489 e. The molecule has 3 aliphatic rings. The van der Waals surface area contributed by atoms with Gasteiger partial charge in [0.05, 0.1) is 0 Å². The van der Waals surface area contributed by atoms with Crippen molar-refractivity contribution in [1.29, 1.82) is 0 Å². The molecule has 0 spiro atoms. The van der Waals surface area contributed by atoms with Gasteiger partial charge < -0.3 is 10.0 Å². The number of rotatable bonds is 9. The normalized spacial score (nSPS) is 11.6. The van der Waals surface area contributed by atoms with Crippen LogP contribution in [0.5, 0.6) is 0 Å². The predicted molar refractivity (Wildman–Crippen MR) is 416 cm³/mol. The summed E-state index contributed by atoms with van der Waals surface area (Å²) in [6.07, 6.45) is 7.07. The summed E-state index contributed by atoms with van der Waals surface area (Å²) in [7, 11) is -1.44. The fourth-order valence-corrected chi connectivity index (χ4v) is 15.9. The maximum Gasteiger partial charge on any atom is 0.489 e. The molecule has 0 bridgehead atoms. The lowest BCUT2D eigenvalue weighted by molar-refractivity contribution is 0.426. The summed E-state index contributed by atoms with van der Waals surface area (Å²) in [5.41, 5.74) is 25.5. The molecule has 0 saturated carbocycles. The van der Waals surface area contributed by atoms with Crippen LogP contribution in [-0.2, 0) is 0 Å². The molecule has 3 aliphatic carbocycles. The van der Waals surface area contributed by atoms with Gasteiger partial charge in [0, 0.05) is 67.1 Å². The van der Waals surface area contributed by atoms with E-state index in [0.717, 1.165) is 64.2 Å². The van der Waals surface area contributed by atoms with Crippen molar-refractivity contribution in [2.45, 2.75) is 0 Å². The molecule has 10 nitrogen and oxygen atoms in total.